The Hall–Kier alpha value is -1.82. The first-order chi connectivity index (χ1) is 8.91. The Bertz CT molecular complexity index is 546. The van der Waals surface area contributed by atoms with Crippen LogP contribution < -0.4 is 5.73 Å². The minimum atomic E-state index is -4.34. The molecule has 0 bridgehead atoms. The number of oxazole rings is 1. The molecule has 1 unspecified atom stereocenters. The summed E-state index contributed by atoms with van der Waals surface area (Å²) in [5, 5.41) is 0. The molecule has 0 fully saturated rings. The van der Waals surface area contributed by atoms with E-state index in [0.29, 0.717) is 23.8 Å². The van der Waals surface area contributed by atoms with Crippen LogP contribution in [0.2, 0.25) is 0 Å². The number of nitrogens with zero attached hydrogens (tertiary/aromatic N) is 1. The van der Waals surface area contributed by atoms with Crippen LogP contribution in [0.4, 0.5) is 13.2 Å². The van der Waals surface area contributed by atoms with Crippen LogP contribution in [0.1, 0.15) is 24.2 Å². The fourth-order valence-corrected chi connectivity index (χ4v) is 1.57. The lowest BCUT2D eigenvalue weighted by Crippen LogP contribution is -2.07. The summed E-state index contributed by atoms with van der Waals surface area (Å²) >= 11 is 0. The Morgan fingerprint density at radius 1 is 1.26 bits per heavy atom. The van der Waals surface area contributed by atoms with Crippen LogP contribution in [-0.2, 0) is 6.18 Å². The maximum atomic E-state index is 12.4. The van der Waals surface area contributed by atoms with Gasteiger partial charge in [0.1, 0.15) is 5.76 Å². The highest BCUT2D eigenvalue weighted by Crippen LogP contribution is 2.31. The van der Waals surface area contributed by atoms with Gasteiger partial charge in [0.2, 0.25) is 5.89 Å². The van der Waals surface area contributed by atoms with Crippen molar-refractivity contribution < 1.29 is 17.6 Å². The van der Waals surface area contributed by atoms with Gasteiger partial charge >= 0.3 is 6.18 Å². The van der Waals surface area contributed by atoms with Gasteiger partial charge in [0.05, 0.1) is 11.8 Å². The number of halogens is 3. The van der Waals surface area contributed by atoms with Crippen LogP contribution in [0.3, 0.4) is 0 Å². The van der Waals surface area contributed by atoms with Crippen molar-refractivity contribution in [1.82, 2.24) is 4.98 Å². The lowest BCUT2D eigenvalue weighted by molar-refractivity contribution is -0.137. The van der Waals surface area contributed by atoms with E-state index in [1.165, 1.54) is 12.1 Å². The average molecular weight is 270 g/mol. The summed E-state index contributed by atoms with van der Waals surface area (Å²) in [6.07, 6.45) is -2.79. The van der Waals surface area contributed by atoms with E-state index in [1.54, 1.807) is 6.20 Å². The number of hydrogen-bond donors (Lipinski definition) is 1. The van der Waals surface area contributed by atoms with Crippen molar-refractivity contribution in [2.75, 3.05) is 6.54 Å². The molecule has 0 amide bonds. The van der Waals surface area contributed by atoms with Gasteiger partial charge in [-0.05, 0) is 24.3 Å². The molecule has 2 N–H and O–H groups in total. The normalized spacial score (nSPS) is 13.5. The van der Waals surface area contributed by atoms with Crippen molar-refractivity contribution in [2.45, 2.75) is 19.0 Å². The number of hydrogen-bond acceptors (Lipinski definition) is 3. The van der Waals surface area contributed by atoms with Gasteiger partial charge in [-0.3, -0.25) is 0 Å². The molecule has 0 saturated carbocycles. The molecule has 0 spiro atoms. The largest absolute Gasteiger partial charge is 0.441 e. The lowest BCUT2D eigenvalue weighted by atomic mass is 10.1. The minimum Gasteiger partial charge on any atom is -0.441 e. The predicted molar refractivity (Wildman–Crippen MR) is 64.4 cm³/mol. The molecule has 3 nitrogen and oxygen atoms in total. The summed E-state index contributed by atoms with van der Waals surface area (Å²) in [5.41, 5.74) is 5.31. The van der Waals surface area contributed by atoms with Crippen LogP contribution in [0, 0.1) is 0 Å². The van der Waals surface area contributed by atoms with Crippen molar-refractivity contribution in [1.29, 1.82) is 0 Å². The maximum Gasteiger partial charge on any atom is 0.416 e. The first-order valence-electron chi connectivity index (χ1n) is 5.75. The number of aromatic nitrogens is 1. The summed E-state index contributed by atoms with van der Waals surface area (Å²) in [6.45, 7) is 2.30. The van der Waals surface area contributed by atoms with Gasteiger partial charge in [0, 0.05) is 18.0 Å². The van der Waals surface area contributed by atoms with E-state index in [0.717, 1.165) is 12.1 Å². The van der Waals surface area contributed by atoms with E-state index < -0.39 is 11.7 Å². The van der Waals surface area contributed by atoms with Gasteiger partial charge < -0.3 is 10.2 Å². The summed E-state index contributed by atoms with van der Waals surface area (Å²) in [4.78, 5) is 4.04. The molecule has 1 aromatic heterocycles. The van der Waals surface area contributed by atoms with E-state index in [4.69, 9.17) is 10.2 Å². The van der Waals surface area contributed by atoms with Gasteiger partial charge in [0.15, 0.2) is 0 Å². The maximum absolute atomic E-state index is 12.4. The van der Waals surface area contributed by atoms with Crippen LogP contribution in [-0.4, -0.2) is 11.5 Å². The number of rotatable bonds is 3. The molecule has 0 aliphatic heterocycles. The topological polar surface area (TPSA) is 52.0 Å². The zero-order chi connectivity index (χ0) is 14.0. The van der Waals surface area contributed by atoms with E-state index in [2.05, 4.69) is 4.98 Å². The van der Waals surface area contributed by atoms with E-state index in [1.807, 2.05) is 6.92 Å². The molecule has 6 heteroatoms. The van der Waals surface area contributed by atoms with Crippen LogP contribution in [0.25, 0.3) is 11.5 Å². The first-order valence-corrected chi connectivity index (χ1v) is 5.75. The van der Waals surface area contributed by atoms with Crippen LogP contribution in [0.15, 0.2) is 34.9 Å². The van der Waals surface area contributed by atoms with Gasteiger partial charge in [-0.15, -0.1) is 0 Å². The third kappa shape index (κ3) is 2.96. The standard InChI is InChI=1S/C13H13F3N2O/c1-8(6-17)11-7-18-12(19-11)9-2-4-10(5-3-9)13(14,15)16/h2-5,7-8H,6,17H2,1H3. The van der Waals surface area contributed by atoms with Gasteiger partial charge in [-0.25, -0.2) is 4.98 Å². The van der Waals surface area contributed by atoms with Crippen LogP contribution in [0.5, 0.6) is 0 Å². The van der Waals surface area contributed by atoms with Crippen LogP contribution >= 0.6 is 0 Å². The van der Waals surface area contributed by atoms with Crippen molar-refractivity contribution in [2.24, 2.45) is 5.73 Å². The summed E-state index contributed by atoms with van der Waals surface area (Å²) in [7, 11) is 0. The Labute approximate surface area is 108 Å². The van der Waals surface area contributed by atoms with Crippen molar-refractivity contribution in [3.8, 4) is 11.5 Å². The highest BCUT2D eigenvalue weighted by molar-refractivity contribution is 5.53. The third-order valence-electron chi connectivity index (χ3n) is 2.82. The van der Waals surface area contributed by atoms with Crippen molar-refractivity contribution >= 4 is 0 Å². The Kier molecular flexibility index (Phi) is 3.61. The SMILES string of the molecule is CC(CN)c1cnc(-c2ccc(C(F)(F)F)cc2)o1. The zero-order valence-electron chi connectivity index (χ0n) is 10.2. The molecule has 1 heterocycles. The van der Waals surface area contributed by atoms with E-state index >= 15 is 0 Å². The third-order valence-corrected chi connectivity index (χ3v) is 2.82. The Morgan fingerprint density at radius 3 is 2.42 bits per heavy atom. The summed E-state index contributed by atoms with van der Waals surface area (Å²) < 4.78 is 42.7. The van der Waals surface area contributed by atoms with Gasteiger partial charge in [0.25, 0.3) is 0 Å². The molecule has 102 valence electrons. The second-order valence-corrected chi connectivity index (χ2v) is 4.28. The molecule has 0 aliphatic rings. The van der Waals surface area contributed by atoms with E-state index in [9.17, 15) is 13.2 Å². The monoisotopic (exact) mass is 270 g/mol. The van der Waals surface area contributed by atoms with Crippen molar-refractivity contribution in [3.05, 3.63) is 41.8 Å². The quantitative estimate of drug-likeness (QED) is 0.929. The first kappa shape index (κ1) is 13.6. The average Bonchev–Trinajstić information content (AvgIpc) is 2.86. The highest BCUT2D eigenvalue weighted by Gasteiger charge is 2.30. The second kappa shape index (κ2) is 5.05. The number of nitrogens with two attached hydrogens (primary N) is 1. The lowest BCUT2D eigenvalue weighted by Gasteiger charge is -2.06. The predicted octanol–water partition coefficient (Wildman–Crippen LogP) is 3.42. The second-order valence-electron chi connectivity index (χ2n) is 4.28. The fourth-order valence-electron chi connectivity index (χ4n) is 1.57. The van der Waals surface area contributed by atoms with Crippen molar-refractivity contribution in [3.63, 3.8) is 0 Å². The van der Waals surface area contributed by atoms with E-state index in [-0.39, 0.29) is 5.92 Å². The smallest absolute Gasteiger partial charge is 0.416 e. The molecule has 1 atom stereocenters. The molecule has 19 heavy (non-hydrogen) atoms. The Morgan fingerprint density at radius 2 is 1.89 bits per heavy atom. The number of alkyl halides is 3. The molecular formula is C13H13F3N2O. The summed E-state index contributed by atoms with van der Waals surface area (Å²) in [5.74, 6) is 0.942. The Balaban J connectivity index is 2.25. The number of benzene rings is 1. The van der Waals surface area contributed by atoms with Gasteiger partial charge in [-0.2, -0.15) is 13.2 Å². The zero-order valence-corrected chi connectivity index (χ0v) is 10.2. The molecular weight excluding hydrogens is 257 g/mol. The fraction of sp³-hybridized carbons (Fsp3) is 0.308. The molecule has 2 aromatic rings. The molecule has 1 aromatic carbocycles. The van der Waals surface area contributed by atoms with Gasteiger partial charge in [-0.1, -0.05) is 6.92 Å². The highest BCUT2D eigenvalue weighted by atomic mass is 19.4. The molecule has 2 rings (SSSR count). The molecule has 0 saturated heterocycles. The molecule has 0 radical (unpaired) electrons. The molecule has 0 aliphatic carbocycles. The minimum absolute atomic E-state index is 0.0238. The summed E-state index contributed by atoms with van der Waals surface area (Å²) in [6, 6.07) is 4.69.